The third-order valence-corrected chi connectivity index (χ3v) is 2.30. The van der Waals surface area contributed by atoms with Gasteiger partial charge in [0.25, 0.3) is 0 Å². The van der Waals surface area contributed by atoms with Gasteiger partial charge < -0.3 is 10.1 Å². The van der Waals surface area contributed by atoms with Crippen LogP contribution in [0.3, 0.4) is 0 Å². The van der Waals surface area contributed by atoms with Crippen LogP contribution in [0.2, 0.25) is 0 Å². The van der Waals surface area contributed by atoms with Crippen molar-refractivity contribution in [1.82, 2.24) is 5.32 Å². The molecule has 0 bridgehead atoms. The lowest BCUT2D eigenvalue weighted by Gasteiger charge is -2.27. The van der Waals surface area contributed by atoms with Gasteiger partial charge in [0, 0.05) is 0 Å². The molecule has 1 N–H and O–H groups in total. The lowest BCUT2D eigenvalue weighted by atomic mass is 9.97. The number of hydrogen-bond acceptors (Lipinski definition) is 2. The van der Waals surface area contributed by atoms with E-state index < -0.39 is 5.82 Å². The number of β-lactam (4-membered cyclic amide) rings is 1. The number of rotatable bonds is 2. The minimum atomic E-state index is -0.397. The molecule has 1 aliphatic rings. The van der Waals surface area contributed by atoms with Gasteiger partial charge in [0.15, 0.2) is 11.6 Å². The van der Waals surface area contributed by atoms with E-state index in [4.69, 9.17) is 4.74 Å². The molecule has 1 unspecified atom stereocenters. The summed E-state index contributed by atoms with van der Waals surface area (Å²) in [5, 5.41) is 2.68. The molecule has 1 fully saturated rings. The molecule has 3 nitrogen and oxygen atoms in total. The predicted molar refractivity (Wildman–Crippen MR) is 48.5 cm³/mol. The second kappa shape index (κ2) is 3.29. The molecule has 0 saturated carbocycles. The fourth-order valence-electron chi connectivity index (χ4n) is 1.46. The first-order chi connectivity index (χ1) is 6.70. The first kappa shape index (κ1) is 8.99. The zero-order valence-corrected chi connectivity index (χ0v) is 7.71. The van der Waals surface area contributed by atoms with Crippen molar-refractivity contribution in [2.45, 2.75) is 12.5 Å². The minimum absolute atomic E-state index is 0.00577. The SMILES string of the molecule is COc1ccc(C2CC(=O)N2)cc1F. The molecule has 0 spiro atoms. The fourth-order valence-corrected chi connectivity index (χ4v) is 1.46. The van der Waals surface area contributed by atoms with Gasteiger partial charge in [0.1, 0.15) is 0 Å². The number of amides is 1. The van der Waals surface area contributed by atoms with E-state index in [1.54, 1.807) is 12.1 Å². The van der Waals surface area contributed by atoms with E-state index in [9.17, 15) is 9.18 Å². The molecule has 74 valence electrons. The van der Waals surface area contributed by atoms with Crippen LogP contribution in [0.4, 0.5) is 4.39 Å². The van der Waals surface area contributed by atoms with Gasteiger partial charge >= 0.3 is 0 Å². The molecule has 14 heavy (non-hydrogen) atoms. The van der Waals surface area contributed by atoms with Crippen LogP contribution in [0, 0.1) is 5.82 Å². The monoisotopic (exact) mass is 195 g/mol. The van der Waals surface area contributed by atoms with Crippen LogP contribution in [0.15, 0.2) is 18.2 Å². The summed E-state index contributed by atoms with van der Waals surface area (Å²) in [6, 6.07) is 4.67. The average molecular weight is 195 g/mol. The first-order valence-electron chi connectivity index (χ1n) is 4.33. The summed E-state index contributed by atoms with van der Waals surface area (Å²) in [6.07, 6.45) is 0.436. The number of ether oxygens (including phenoxy) is 1. The topological polar surface area (TPSA) is 38.3 Å². The summed E-state index contributed by atoms with van der Waals surface area (Å²) in [5.41, 5.74) is 0.780. The molecule has 1 saturated heterocycles. The fraction of sp³-hybridized carbons (Fsp3) is 0.300. The highest BCUT2D eigenvalue weighted by Crippen LogP contribution is 2.27. The summed E-state index contributed by atoms with van der Waals surface area (Å²) < 4.78 is 18.0. The highest BCUT2D eigenvalue weighted by atomic mass is 19.1. The molecular formula is C10H10FNO2. The third-order valence-electron chi connectivity index (χ3n) is 2.30. The number of benzene rings is 1. The molecule has 1 aromatic rings. The third kappa shape index (κ3) is 1.43. The Hall–Kier alpha value is -1.58. The summed E-state index contributed by atoms with van der Waals surface area (Å²) >= 11 is 0. The van der Waals surface area contributed by atoms with E-state index in [0.717, 1.165) is 5.56 Å². The molecule has 0 aliphatic carbocycles. The van der Waals surface area contributed by atoms with E-state index in [2.05, 4.69) is 5.32 Å². The molecule has 0 radical (unpaired) electrons. The molecule has 4 heteroatoms. The number of methoxy groups -OCH3 is 1. The Kier molecular flexibility index (Phi) is 2.11. The summed E-state index contributed by atoms with van der Waals surface area (Å²) in [5.74, 6) is -0.170. The second-order valence-corrected chi connectivity index (χ2v) is 3.22. The minimum Gasteiger partial charge on any atom is -0.494 e. The standard InChI is InChI=1S/C10H10FNO2/c1-14-9-3-2-6(4-7(9)11)8-5-10(13)12-8/h2-4,8H,5H2,1H3,(H,12,13). The Balaban J connectivity index is 2.20. The lowest BCUT2D eigenvalue weighted by molar-refractivity contribution is -0.128. The largest absolute Gasteiger partial charge is 0.494 e. The van der Waals surface area contributed by atoms with Crippen LogP contribution in [-0.4, -0.2) is 13.0 Å². The van der Waals surface area contributed by atoms with Gasteiger partial charge in [0.05, 0.1) is 19.6 Å². The van der Waals surface area contributed by atoms with Gasteiger partial charge in [-0.3, -0.25) is 4.79 Å². The molecule has 0 aromatic heterocycles. The van der Waals surface area contributed by atoms with Crippen molar-refractivity contribution in [3.05, 3.63) is 29.6 Å². The Morgan fingerprint density at radius 2 is 2.29 bits per heavy atom. The van der Waals surface area contributed by atoms with Crippen molar-refractivity contribution in [2.75, 3.05) is 7.11 Å². The Morgan fingerprint density at radius 1 is 1.57 bits per heavy atom. The average Bonchev–Trinajstić information content (AvgIpc) is 2.13. The van der Waals surface area contributed by atoms with Gasteiger partial charge in [-0.25, -0.2) is 4.39 Å². The van der Waals surface area contributed by atoms with Gasteiger partial charge in [-0.1, -0.05) is 6.07 Å². The van der Waals surface area contributed by atoms with Crippen LogP contribution in [0.1, 0.15) is 18.0 Å². The number of carbonyl (C=O) groups excluding carboxylic acids is 1. The highest BCUT2D eigenvalue weighted by molar-refractivity contribution is 5.83. The van der Waals surface area contributed by atoms with E-state index in [-0.39, 0.29) is 17.7 Å². The summed E-state index contributed by atoms with van der Waals surface area (Å²) in [4.78, 5) is 10.7. The summed E-state index contributed by atoms with van der Waals surface area (Å²) in [7, 11) is 1.42. The van der Waals surface area contributed by atoms with Crippen LogP contribution in [-0.2, 0) is 4.79 Å². The van der Waals surface area contributed by atoms with Gasteiger partial charge in [-0.2, -0.15) is 0 Å². The number of hydrogen-bond donors (Lipinski definition) is 1. The zero-order valence-electron chi connectivity index (χ0n) is 7.71. The van der Waals surface area contributed by atoms with E-state index in [1.165, 1.54) is 13.2 Å². The maximum atomic E-state index is 13.2. The van der Waals surface area contributed by atoms with Gasteiger partial charge in [0.2, 0.25) is 5.91 Å². The van der Waals surface area contributed by atoms with Crippen LogP contribution in [0.5, 0.6) is 5.75 Å². The summed E-state index contributed by atoms with van der Waals surface area (Å²) in [6.45, 7) is 0. The van der Waals surface area contributed by atoms with E-state index >= 15 is 0 Å². The Labute approximate surface area is 80.9 Å². The predicted octanol–water partition coefficient (Wildman–Crippen LogP) is 1.40. The number of carbonyl (C=O) groups is 1. The van der Waals surface area contributed by atoms with Crippen molar-refractivity contribution in [3.8, 4) is 5.75 Å². The molecule has 2 rings (SSSR count). The molecule has 1 atom stereocenters. The van der Waals surface area contributed by atoms with Crippen LogP contribution >= 0.6 is 0 Å². The number of nitrogens with one attached hydrogen (secondary N) is 1. The van der Waals surface area contributed by atoms with Crippen LogP contribution in [0.25, 0.3) is 0 Å². The van der Waals surface area contributed by atoms with Crippen molar-refractivity contribution in [3.63, 3.8) is 0 Å². The Bertz CT molecular complexity index is 370. The van der Waals surface area contributed by atoms with Crippen molar-refractivity contribution in [1.29, 1.82) is 0 Å². The molecular weight excluding hydrogens is 185 g/mol. The normalized spacial score (nSPS) is 19.9. The van der Waals surface area contributed by atoms with Crippen molar-refractivity contribution < 1.29 is 13.9 Å². The Morgan fingerprint density at radius 3 is 2.79 bits per heavy atom. The van der Waals surface area contributed by atoms with E-state index in [0.29, 0.717) is 6.42 Å². The number of halogens is 1. The zero-order chi connectivity index (χ0) is 10.1. The van der Waals surface area contributed by atoms with Gasteiger partial charge in [-0.05, 0) is 17.7 Å². The van der Waals surface area contributed by atoms with E-state index in [1.807, 2.05) is 0 Å². The smallest absolute Gasteiger partial charge is 0.222 e. The molecule has 1 heterocycles. The van der Waals surface area contributed by atoms with Crippen molar-refractivity contribution >= 4 is 5.91 Å². The quantitative estimate of drug-likeness (QED) is 0.724. The van der Waals surface area contributed by atoms with Gasteiger partial charge in [-0.15, -0.1) is 0 Å². The lowest BCUT2D eigenvalue weighted by Crippen LogP contribution is -2.41. The maximum Gasteiger partial charge on any atom is 0.222 e. The molecule has 1 aromatic carbocycles. The second-order valence-electron chi connectivity index (χ2n) is 3.22. The first-order valence-corrected chi connectivity index (χ1v) is 4.33. The van der Waals surface area contributed by atoms with Crippen molar-refractivity contribution in [2.24, 2.45) is 0 Å². The van der Waals surface area contributed by atoms with Crippen LogP contribution < -0.4 is 10.1 Å². The molecule has 1 amide bonds. The highest BCUT2D eigenvalue weighted by Gasteiger charge is 2.27. The molecule has 1 aliphatic heterocycles. The maximum absolute atomic E-state index is 13.2.